The summed E-state index contributed by atoms with van der Waals surface area (Å²) in [6, 6.07) is 4.06. The molecule has 0 aliphatic carbocycles. The summed E-state index contributed by atoms with van der Waals surface area (Å²) in [5.41, 5.74) is 17.3. The average molecular weight is 1070 g/mol. The zero-order valence-corrected chi connectivity index (χ0v) is 41.8. The monoisotopic (exact) mass is 1070 g/mol. The Morgan fingerprint density at radius 1 is 0.770 bits per heavy atom. The second-order valence-corrected chi connectivity index (χ2v) is 19.8. The van der Waals surface area contributed by atoms with Gasteiger partial charge in [-0.05, 0) is 55.4 Å². The number of rotatable bonds is 18. The highest BCUT2D eigenvalue weighted by molar-refractivity contribution is 8.76. The number of guanidine groups is 1. The van der Waals surface area contributed by atoms with E-state index < -0.39 is 133 Å². The molecule has 2 saturated heterocycles. The van der Waals surface area contributed by atoms with Crippen molar-refractivity contribution < 1.29 is 68.1 Å². The van der Waals surface area contributed by atoms with Gasteiger partial charge in [0.2, 0.25) is 53.2 Å². The number of carbonyl (C=O) groups excluding carboxylic acids is 9. The van der Waals surface area contributed by atoms with Crippen molar-refractivity contribution in [1.82, 2.24) is 42.1 Å². The Morgan fingerprint density at radius 3 is 2.04 bits per heavy atom. The Labute approximate surface area is 432 Å². The van der Waals surface area contributed by atoms with Gasteiger partial charge in [0.05, 0.1) is 6.42 Å². The van der Waals surface area contributed by atoms with Gasteiger partial charge in [0, 0.05) is 50.3 Å². The molecule has 7 atom stereocenters. The molecule has 74 heavy (non-hydrogen) atoms. The van der Waals surface area contributed by atoms with E-state index >= 15 is 0 Å². The predicted molar refractivity (Wildman–Crippen MR) is 269 cm³/mol. The Balaban J connectivity index is 1.65. The number of amides is 9. The van der Waals surface area contributed by atoms with Crippen molar-refractivity contribution in [2.45, 2.75) is 107 Å². The number of nitrogens with zero attached hydrogens (tertiary/aromatic N) is 2. The number of phenolic OH excluding ortho intramolecular Hbond substituents is 1. The second kappa shape index (κ2) is 29.8. The Bertz CT molecular complexity index is 2380. The van der Waals surface area contributed by atoms with Gasteiger partial charge in [-0.25, -0.2) is 4.79 Å². The third-order valence-electron chi connectivity index (χ3n) is 11.5. The summed E-state index contributed by atoms with van der Waals surface area (Å²) in [6.07, 6.45) is -1.70. The maximum atomic E-state index is 14.4. The number of aliphatic imine (C=N–C) groups is 1. The molecule has 16 N–H and O–H groups in total. The normalized spacial score (nSPS) is 21.9. The number of nitrogens with one attached hydrogen (secondary N) is 7. The molecule has 0 radical (unpaired) electrons. The highest BCUT2D eigenvalue weighted by Crippen LogP contribution is 2.26. The predicted octanol–water partition coefficient (Wildman–Crippen LogP) is -3.14. The Hall–Kier alpha value is -7.62. The minimum Gasteiger partial charge on any atom is -0.508 e. The lowest BCUT2D eigenvalue weighted by molar-refractivity contribution is -0.145. The molecule has 0 spiro atoms. The van der Waals surface area contributed by atoms with E-state index in [1.165, 1.54) is 29.2 Å². The van der Waals surface area contributed by atoms with Crippen molar-refractivity contribution in [2.24, 2.45) is 22.2 Å². The number of hydrogen-bond donors (Lipinski definition) is 13. The van der Waals surface area contributed by atoms with Crippen LogP contribution in [0.15, 0.2) is 59.6 Å². The molecule has 4 unspecified atom stereocenters. The average Bonchev–Trinajstić information content (AvgIpc) is 3.85. The largest absolute Gasteiger partial charge is 0.508 e. The number of primary amides is 1. The highest BCUT2D eigenvalue weighted by atomic mass is 33.1. The van der Waals surface area contributed by atoms with Crippen LogP contribution >= 0.6 is 21.6 Å². The van der Waals surface area contributed by atoms with Gasteiger partial charge in [-0.2, -0.15) is 0 Å². The number of aliphatic carboxylic acids is 2. The number of benzene rings is 2. The summed E-state index contributed by atoms with van der Waals surface area (Å²) in [7, 11) is 2.15. The molecule has 2 fully saturated rings. The van der Waals surface area contributed by atoms with Crippen LogP contribution in [0.25, 0.3) is 0 Å². The number of aromatic hydroxyl groups is 1. The summed E-state index contributed by atoms with van der Waals surface area (Å²) in [5.74, 6) is -11.2. The van der Waals surface area contributed by atoms with Crippen LogP contribution in [0.3, 0.4) is 0 Å². The van der Waals surface area contributed by atoms with E-state index in [9.17, 15) is 63.0 Å². The fourth-order valence-electron chi connectivity index (χ4n) is 7.73. The van der Waals surface area contributed by atoms with Crippen molar-refractivity contribution in [1.29, 1.82) is 0 Å². The van der Waals surface area contributed by atoms with Crippen molar-refractivity contribution in [3.63, 3.8) is 0 Å². The van der Waals surface area contributed by atoms with Gasteiger partial charge < -0.3 is 74.6 Å². The molecule has 2 aliphatic rings. The van der Waals surface area contributed by atoms with Gasteiger partial charge in [-0.3, -0.25) is 52.9 Å². The molecule has 0 aromatic heterocycles. The van der Waals surface area contributed by atoms with E-state index in [0.29, 0.717) is 17.5 Å². The molecule has 26 nitrogen and oxygen atoms in total. The van der Waals surface area contributed by atoms with Crippen LogP contribution in [0, 0.1) is 0 Å². The minimum absolute atomic E-state index is 0.0129. The van der Waals surface area contributed by atoms with Crippen LogP contribution < -0.4 is 54.4 Å². The summed E-state index contributed by atoms with van der Waals surface area (Å²) < 4.78 is 0. The smallest absolute Gasteiger partial charge is 0.326 e. The number of phenols is 1. The van der Waals surface area contributed by atoms with Crippen molar-refractivity contribution in [3.05, 3.63) is 65.7 Å². The first kappa shape index (κ1) is 58.9. The van der Waals surface area contributed by atoms with Gasteiger partial charge >= 0.3 is 11.9 Å². The van der Waals surface area contributed by atoms with Crippen LogP contribution in [-0.4, -0.2) is 165 Å². The zero-order chi connectivity index (χ0) is 54.3. The molecule has 28 heteroatoms. The van der Waals surface area contributed by atoms with E-state index in [1.807, 2.05) is 0 Å². The molecular formula is C46H62N12O14S2. The highest BCUT2D eigenvalue weighted by Gasteiger charge is 2.40. The third-order valence-corrected chi connectivity index (χ3v) is 13.9. The van der Waals surface area contributed by atoms with Gasteiger partial charge in [-0.1, -0.05) is 64.1 Å². The van der Waals surface area contributed by atoms with Crippen LogP contribution in [0.4, 0.5) is 0 Å². The zero-order valence-electron chi connectivity index (χ0n) is 40.1. The SMILES string of the molecule is NC(=O)CCC1NC(=O)C(Cc2ccccc2)NC(=O)[C@H](Cc2ccc(O)cc2)NC(=O)CCSSCC(C(=O)N2CCC[C@H]2C(=O)N[C@H](CCCN=C(N)N)C(=O)NCC(=O)O)NC(=O)CC(C(=O)O)NC1=O. The van der Waals surface area contributed by atoms with Crippen LogP contribution in [-0.2, 0) is 65.6 Å². The number of carboxylic acids is 2. The van der Waals surface area contributed by atoms with Crippen molar-refractivity contribution >= 4 is 92.7 Å². The molecule has 0 saturated carbocycles. The molecule has 9 amide bonds. The topological polar surface area (TPSA) is 426 Å². The number of nitrogens with two attached hydrogens (primary N) is 3. The molecule has 2 heterocycles. The van der Waals surface area contributed by atoms with E-state index in [1.54, 1.807) is 30.3 Å². The molecule has 2 aliphatic heterocycles. The van der Waals surface area contributed by atoms with E-state index in [-0.39, 0.29) is 74.8 Å². The first-order valence-electron chi connectivity index (χ1n) is 23.4. The number of carboxylic acid groups (broad SMARTS) is 2. The molecule has 2 aromatic rings. The van der Waals surface area contributed by atoms with E-state index in [2.05, 4.69) is 42.2 Å². The van der Waals surface area contributed by atoms with Crippen molar-refractivity contribution in [3.8, 4) is 5.75 Å². The lowest BCUT2D eigenvalue weighted by atomic mass is 10.0. The van der Waals surface area contributed by atoms with Gasteiger partial charge in [0.25, 0.3) is 0 Å². The number of hydrogen-bond acceptors (Lipinski definition) is 15. The van der Waals surface area contributed by atoms with Crippen LogP contribution in [0.2, 0.25) is 0 Å². The van der Waals surface area contributed by atoms with Crippen molar-refractivity contribution in [2.75, 3.05) is 31.1 Å². The lowest BCUT2D eigenvalue weighted by Gasteiger charge is -2.30. The van der Waals surface area contributed by atoms with Gasteiger partial charge in [0.1, 0.15) is 54.6 Å². The lowest BCUT2D eigenvalue weighted by Crippen LogP contribution is -2.59. The van der Waals surface area contributed by atoms with Crippen LogP contribution in [0.5, 0.6) is 5.75 Å². The minimum atomic E-state index is -1.97. The Morgan fingerprint density at radius 2 is 1.41 bits per heavy atom. The standard InChI is InChI=1S/C46H62N12O14S2/c47-35(60)15-14-29-40(66)57-32(45(71)72)22-37(62)53-33(44(70)58-18-5-9-34(58)43(69)55-28(8-4-17-50-46(48)49)39(65)51-23-38(63)64)24-74-73-19-16-36(61)52-30(21-26-10-12-27(59)13-11-26)41(67)56-31(42(68)54-29)20-25-6-2-1-3-7-25/h1-3,6-7,10-13,28-34,59H,4-5,8-9,14-24H2,(H2,47,60)(H,51,65)(H,52,61)(H,53,62)(H,54,68)(H,55,69)(H,56,67)(H,57,66)(H,63,64)(H,71,72)(H4,48,49,50)/t28-,29?,30+,31?,32?,33?,34+/m1/s1. The third kappa shape index (κ3) is 20.1. The summed E-state index contributed by atoms with van der Waals surface area (Å²) in [4.78, 5) is 151. The maximum Gasteiger partial charge on any atom is 0.326 e. The number of likely N-dealkylation sites (tertiary alicyclic amines) is 1. The first-order valence-corrected chi connectivity index (χ1v) is 25.9. The molecule has 402 valence electrons. The molecule has 4 rings (SSSR count). The van der Waals surface area contributed by atoms with E-state index in [0.717, 1.165) is 21.6 Å². The summed E-state index contributed by atoms with van der Waals surface area (Å²) in [6.45, 7) is -0.662. The fraction of sp³-hybridized carbons (Fsp3) is 0.478. The molecular weight excluding hydrogens is 1010 g/mol. The second-order valence-electron chi connectivity index (χ2n) is 17.2. The summed E-state index contributed by atoms with van der Waals surface area (Å²) >= 11 is 0. The summed E-state index contributed by atoms with van der Waals surface area (Å²) in [5, 5.41) is 46.6. The van der Waals surface area contributed by atoms with Gasteiger partial charge in [-0.15, -0.1) is 0 Å². The number of carbonyl (C=O) groups is 11. The van der Waals surface area contributed by atoms with Crippen LogP contribution in [0.1, 0.15) is 62.5 Å². The fourth-order valence-corrected chi connectivity index (χ4v) is 9.87. The maximum absolute atomic E-state index is 14.4. The molecule has 2 aromatic carbocycles. The molecule has 0 bridgehead atoms. The van der Waals surface area contributed by atoms with E-state index in [4.69, 9.17) is 22.3 Å². The van der Waals surface area contributed by atoms with Gasteiger partial charge in [0.15, 0.2) is 5.96 Å². The quantitative estimate of drug-likeness (QED) is 0.0304. The Kier molecular flexibility index (Phi) is 23.7. The first-order chi connectivity index (χ1) is 35.2.